The van der Waals surface area contributed by atoms with Crippen LogP contribution >= 0.6 is 0 Å². The smallest absolute Gasteiger partial charge is 0.410 e. The zero-order chi connectivity index (χ0) is 20.9. The van der Waals surface area contributed by atoms with Crippen LogP contribution < -0.4 is 4.74 Å². The number of rotatable bonds is 5. The van der Waals surface area contributed by atoms with Crippen LogP contribution in [-0.4, -0.2) is 61.3 Å². The second kappa shape index (κ2) is 9.22. The molecule has 0 aliphatic carbocycles. The molecule has 158 valence electrons. The summed E-state index contributed by atoms with van der Waals surface area (Å²) in [5.41, 5.74) is 4.94. The van der Waals surface area contributed by atoms with Gasteiger partial charge >= 0.3 is 6.09 Å². The van der Waals surface area contributed by atoms with Crippen LogP contribution in [0.25, 0.3) is 0 Å². The van der Waals surface area contributed by atoms with Gasteiger partial charge in [0.05, 0.1) is 13.8 Å². The largest absolute Gasteiger partial charge is 0.497 e. The summed E-state index contributed by atoms with van der Waals surface area (Å²) in [6, 6.07) is 18.1. The predicted molar refractivity (Wildman–Crippen MR) is 116 cm³/mol. The van der Waals surface area contributed by atoms with Crippen molar-refractivity contribution >= 4 is 6.09 Å². The van der Waals surface area contributed by atoms with Crippen molar-refractivity contribution in [2.24, 2.45) is 0 Å². The number of carbonyl (C=O) groups excluding carboxylic acids is 1. The zero-order valence-electron chi connectivity index (χ0n) is 17.7. The number of nitrogens with zero attached hydrogens (tertiary/aromatic N) is 3. The Kier molecular flexibility index (Phi) is 6.23. The van der Waals surface area contributed by atoms with Crippen molar-refractivity contribution in [3.05, 3.63) is 77.0 Å². The van der Waals surface area contributed by atoms with Crippen molar-refractivity contribution in [1.29, 1.82) is 0 Å². The Morgan fingerprint density at radius 1 is 1.00 bits per heavy atom. The minimum absolute atomic E-state index is 0.250. The molecule has 0 aromatic heterocycles. The van der Waals surface area contributed by atoms with Crippen molar-refractivity contribution in [3.63, 3.8) is 0 Å². The molecular formula is C24H29N3O3. The van der Waals surface area contributed by atoms with Crippen LogP contribution in [-0.2, 0) is 17.9 Å². The van der Waals surface area contributed by atoms with Crippen LogP contribution in [0.2, 0.25) is 0 Å². The molecule has 0 radical (unpaired) electrons. The van der Waals surface area contributed by atoms with E-state index in [2.05, 4.69) is 41.1 Å². The van der Waals surface area contributed by atoms with Crippen molar-refractivity contribution in [3.8, 4) is 5.75 Å². The van der Waals surface area contributed by atoms with E-state index in [1.54, 1.807) is 7.11 Å². The summed E-state index contributed by atoms with van der Waals surface area (Å²) in [4.78, 5) is 19.2. The molecule has 2 aromatic rings. The van der Waals surface area contributed by atoms with Gasteiger partial charge in [0.25, 0.3) is 0 Å². The SMILES string of the molecule is COc1ccc(COC(=O)N2CCC3=C(CN(Cc4ccccc4)CN3C)C2)cc1. The van der Waals surface area contributed by atoms with Crippen LogP contribution in [0.4, 0.5) is 4.79 Å². The fraction of sp³-hybridized carbons (Fsp3) is 0.375. The lowest BCUT2D eigenvalue weighted by Gasteiger charge is -2.42. The Morgan fingerprint density at radius 2 is 1.77 bits per heavy atom. The van der Waals surface area contributed by atoms with Crippen molar-refractivity contribution in [2.45, 2.75) is 19.6 Å². The standard InChI is InChI=1S/C24H29N3O3/c1-25-18-26(14-19-6-4-3-5-7-19)15-21-16-27(13-12-23(21)25)24(28)30-17-20-8-10-22(29-2)11-9-20/h3-11H,12-18H2,1-2H3. The first-order chi connectivity index (χ1) is 14.6. The van der Waals surface area contributed by atoms with Gasteiger partial charge in [-0.15, -0.1) is 0 Å². The highest BCUT2D eigenvalue weighted by atomic mass is 16.6. The summed E-state index contributed by atoms with van der Waals surface area (Å²) < 4.78 is 10.7. The van der Waals surface area contributed by atoms with E-state index in [4.69, 9.17) is 9.47 Å². The zero-order valence-corrected chi connectivity index (χ0v) is 17.7. The molecule has 1 amide bonds. The van der Waals surface area contributed by atoms with Crippen LogP contribution in [0.1, 0.15) is 17.5 Å². The molecule has 0 N–H and O–H groups in total. The van der Waals surface area contributed by atoms with E-state index in [-0.39, 0.29) is 12.7 Å². The van der Waals surface area contributed by atoms with Crippen LogP contribution in [0, 0.1) is 0 Å². The number of hydrogen-bond acceptors (Lipinski definition) is 5. The number of carbonyl (C=O) groups is 1. The van der Waals surface area contributed by atoms with Crippen LogP contribution in [0.15, 0.2) is 65.9 Å². The molecule has 0 saturated heterocycles. The fourth-order valence-electron chi connectivity index (χ4n) is 4.19. The van der Waals surface area contributed by atoms with Gasteiger partial charge in [-0.3, -0.25) is 4.90 Å². The van der Waals surface area contributed by atoms with E-state index < -0.39 is 0 Å². The third kappa shape index (κ3) is 4.76. The van der Waals surface area contributed by atoms with E-state index in [1.165, 1.54) is 16.8 Å². The molecule has 0 atom stereocenters. The van der Waals surface area contributed by atoms with Crippen LogP contribution in [0.5, 0.6) is 5.75 Å². The van der Waals surface area contributed by atoms with Gasteiger partial charge in [0.2, 0.25) is 0 Å². The Morgan fingerprint density at radius 3 is 2.50 bits per heavy atom. The summed E-state index contributed by atoms with van der Waals surface area (Å²) in [5.74, 6) is 0.794. The monoisotopic (exact) mass is 407 g/mol. The maximum absolute atomic E-state index is 12.7. The minimum Gasteiger partial charge on any atom is -0.497 e. The first-order valence-corrected chi connectivity index (χ1v) is 10.4. The Labute approximate surface area is 178 Å². The third-order valence-electron chi connectivity index (χ3n) is 5.72. The van der Waals surface area contributed by atoms with Gasteiger partial charge in [0.1, 0.15) is 12.4 Å². The Hall–Kier alpha value is -2.99. The quantitative estimate of drug-likeness (QED) is 0.756. The molecule has 0 fully saturated rings. The van der Waals surface area contributed by atoms with Gasteiger partial charge in [-0.25, -0.2) is 4.79 Å². The molecule has 0 bridgehead atoms. The van der Waals surface area contributed by atoms with E-state index in [1.807, 2.05) is 35.2 Å². The minimum atomic E-state index is -0.250. The van der Waals surface area contributed by atoms with Crippen molar-refractivity contribution < 1.29 is 14.3 Å². The average Bonchev–Trinajstić information content (AvgIpc) is 2.78. The molecule has 30 heavy (non-hydrogen) atoms. The van der Waals surface area contributed by atoms with E-state index >= 15 is 0 Å². The molecule has 6 nitrogen and oxygen atoms in total. The van der Waals surface area contributed by atoms with Crippen molar-refractivity contribution in [1.82, 2.24) is 14.7 Å². The Bertz CT molecular complexity index is 896. The van der Waals surface area contributed by atoms with E-state index in [9.17, 15) is 4.79 Å². The van der Waals surface area contributed by atoms with Gasteiger partial charge < -0.3 is 19.3 Å². The molecule has 6 heteroatoms. The van der Waals surface area contributed by atoms with Crippen molar-refractivity contribution in [2.75, 3.05) is 40.5 Å². The summed E-state index contributed by atoms with van der Waals surface area (Å²) in [6.45, 7) is 4.30. The van der Waals surface area contributed by atoms with E-state index in [0.29, 0.717) is 13.1 Å². The average molecular weight is 408 g/mol. The lowest BCUT2D eigenvalue weighted by Crippen LogP contribution is -2.48. The summed E-state index contributed by atoms with van der Waals surface area (Å²) in [7, 11) is 3.78. The summed E-state index contributed by atoms with van der Waals surface area (Å²) in [5, 5.41) is 0. The molecule has 4 rings (SSSR count). The molecular weight excluding hydrogens is 378 g/mol. The number of amides is 1. The lowest BCUT2D eigenvalue weighted by atomic mass is 10.0. The van der Waals surface area contributed by atoms with Gasteiger partial charge in [-0.2, -0.15) is 0 Å². The first kappa shape index (κ1) is 20.3. The normalized spacial score (nSPS) is 17.0. The molecule has 2 aliphatic rings. The molecule has 2 aromatic carbocycles. The molecule has 2 aliphatic heterocycles. The second-order valence-electron chi connectivity index (χ2n) is 7.94. The third-order valence-corrected chi connectivity index (χ3v) is 5.72. The number of hydrogen-bond donors (Lipinski definition) is 0. The first-order valence-electron chi connectivity index (χ1n) is 10.4. The van der Waals surface area contributed by atoms with E-state index in [0.717, 1.165) is 37.5 Å². The summed E-state index contributed by atoms with van der Waals surface area (Å²) in [6.07, 6.45) is 0.628. The molecule has 0 unspecified atom stereocenters. The number of ether oxygens (including phenoxy) is 2. The lowest BCUT2D eigenvalue weighted by molar-refractivity contribution is 0.0872. The van der Waals surface area contributed by atoms with Gasteiger partial charge in [-0.1, -0.05) is 42.5 Å². The molecule has 0 spiro atoms. The Balaban J connectivity index is 1.34. The van der Waals surface area contributed by atoms with Gasteiger partial charge in [-0.05, 0) is 28.8 Å². The van der Waals surface area contributed by atoms with Crippen LogP contribution in [0.3, 0.4) is 0 Å². The number of methoxy groups -OCH3 is 1. The molecule has 0 saturated carbocycles. The van der Waals surface area contributed by atoms with Gasteiger partial charge in [0, 0.05) is 45.3 Å². The molecule has 2 heterocycles. The fourth-order valence-corrected chi connectivity index (χ4v) is 4.19. The topological polar surface area (TPSA) is 45.3 Å². The summed E-state index contributed by atoms with van der Waals surface area (Å²) >= 11 is 0. The highest BCUT2D eigenvalue weighted by Gasteiger charge is 2.30. The second-order valence-corrected chi connectivity index (χ2v) is 7.94. The maximum atomic E-state index is 12.7. The van der Waals surface area contributed by atoms with Gasteiger partial charge in [0.15, 0.2) is 0 Å². The number of benzene rings is 2. The maximum Gasteiger partial charge on any atom is 0.410 e. The highest BCUT2D eigenvalue weighted by molar-refractivity contribution is 5.68. The highest BCUT2D eigenvalue weighted by Crippen LogP contribution is 2.27. The predicted octanol–water partition coefficient (Wildman–Crippen LogP) is 3.70.